The summed E-state index contributed by atoms with van der Waals surface area (Å²) in [6.07, 6.45) is 1.20. The van der Waals surface area contributed by atoms with E-state index in [-0.39, 0.29) is 11.6 Å². The Morgan fingerprint density at radius 2 is 2.15 bits per heavy atom. The molecule has 8 heteroatoms. The molecule has 1 N–H and O–H groups in total. The lowest BCUT2D eigenvalue weighted by Gasteiger charge is -2.39. The first-order valence-electron chi connectivity index (χ1n) is 8.68. The molecule has 3 rings (SSSR count). The predicted molar refractivity (Wildman–Crippen MR) is 95.2 cm³/mol. The lowest BCUT2D eigenvalue weighted by atomic mass is 9.91. The summed E-state index contributed by atoms with van der Waals surface area (Å²) in [5.74, 6) is 0.514. The third-order valence-corrected chi connectivity index (χ3v) is 4.70. The number of carbonyl (C=O) groups is 1. The molecule has 0 unspecified atom stereocenters. The smallest absolute Gasteiger partial charge is 0.273 e. The van der Waals surface area contributed by atoms with E-state index < -0.39 is 10.5 Å². The molecular formula is C18H23N3O5. The van der Waals surface area contributed by atoms with Gasteiger partial charge in [-0.3, -0.25) is 25.2 Å². The third kappa shape index (κ3) is 2.90. The molecule has 140 valence electrons. The monoisotopic (exact) mass is 361 g/mol. The van der Waals surface area contributed by atoms with Crippen LogP contribution in [0.5, 0.6) is 5.75 Å². The number of likely N-dealkylation sites (tertiary alicyclic amines) is 1. The number of carbonyl (C=O) groups excluding carboxylic acids is 1. The lowest BCUT2D eigenvalue weighted by molar-refractivity contribution is -0.385. The molecular weight excluding hydrogens is 338 g/mol. The fourth-order valence-corrected chi connectivity index (χ4v) is 3.46. The molecule has 2 aliphatic heterocycles. The lowest BCUT2D eigenvalue weighted by Crippen LogP contribution is -2.44. The number of hydrogen-bond acceptors (Lipinski definition) is 6. The maximum atomic E-state index is 12.5. The Labute approximate surface area is 151 Å². The maximum Gasteiger partial charge on any atom is 0.273 e. The van der Waals surface area contributed by atoms with Crippen molar-refractivity contribution < 1.29 is 19.3 Å². The summed E-state index contributed by atoms with van der Waals surface area (Å²) in [5.41, 5.74) is 4.35. The van der Waals surface area contributed by atoms with Gasteiger partial charge in [0.2, 0.25) is 5.91 Å². The van der Waals surface area contributed by atoms with E-state index in [2.05, 4.69) is 5.48 Å². The van der Waals surface area contributed by atoms with E-state index in [9.17, 15) is 14.9 Å². The minimum Gasteiger partial charge on any atom is -0.481 e. The molecule has 0 aromatic heterocycles. The molecule has 0 spiro atoms. The summed E-state index contributed by atoms with van der Waals surface area (Å²) in [4.78, 5) is 30.6. The van der Waals surface area contributed by atoms with Crippen LogP contribution in [0.25, 0.3) is 5.70 Å². The molecule has 8 nitrogen and oxygen atoms in total. The molecule has 1 aromatic rings. The van der Waals surface area contributed by atoms with Crippen molar-refractivity contribution in [1.82, 2.24) is 10.4 Å². The van der Waals surface area contributed by atoms with Crippen molar-refractivity contribution in [2.24, 2.45) is 0 Å². The van der Waals surface area contributed by atoms with Gasteiger partial charge < -0.3 is 9.64 Å². The van der Waals surface area contributed by atoms with Gasteiger partial charge in [-0.25, -0.2) is 0 Å². The van der Waals surface area contributed by atoms with E-state index in [0.29, 0.717) is 47.8 Å². The van der Waals surface area contributed by atoms with Gasteiger partial charge in [-0.15, -0.1) is 0 Å². The van der Waals surface area contributed by atoms with E-state index in [4.69, 9.17) is 9.57 Å². The van der Waals surface area contributed by atoms with Crippen molar-refractivity contribution in [3.8, 4) is 5.75 Å². The third-order valence-electron chi connectivity index (χ3n) is 4.70. The van der Waals surface area contributed by atoms with Crippen LogP contribution in [0, 0.1) is 17.0 Å². The van der Waals surface area contributed by atoms with Crippen molar-refractivity contribution in [2.45, 2.75) is 46.1 Å². The Hall–Kier alpha value is -2.61. The van der Waals surface area contributed by atoms with Crippen LogP contribution in [0.3, 0.4) is 0 Å². The Morgan fingerprint density at radius 3 is 2.73 bits per heavy atom. The predicted octanol–water partition coefficient (Wildman–Crippen LogP) is 2.91. The zero-order chi connectivity index (χ0) is 19.1. The van der Waals surface area contributed by atoms with Crippen molar-refractivity contribution in [3.63, 3.8) is 0 Å². The number of benzene rings is 1. The highest BCUT2D eigenvalue weighted by Gasteiger charge is 2.42. The Morgan fingerprint density at radius 1 is 1.42 bits per heavy atom. The quantitative estimate of drug-likeness (QED) is 0.640. The molecule has 0 bridgehead atoms. The number of rotatable bonds is 5. The second kappa shape index (κ2) is 6.60. The summed E-state index contributed by atoms with van der Waals surface area (Å²) in [7, 11) is 0. The number of nitrogens with zero attached hydrogens (tertiary/aromatic N) is 2. The van der Waals surface area contributed by atoms with Crippen LogP contribution < -0.4 is 10.2 Å². The minimum absolute atomic E-state index is 0.00744. The number of hydroxylamine groups is 1. The van der Waals surface area contributed by atoms with E-state index >= 15 is 0 Å². The molecule has 1 aromatic carbocycles. The zero-order valence-corrected chi connectivity index (χ0v) is 15.4. The number of fused-ring (bicyclic) bond motifs is 1. The molecule has 0 saturated carbocycles. The first-order chi connectivity index (χ1) is 12.3. The SMILES string of the molecule is CCONC1=C(N2CCCC2=O)c2c(ccc([N+](=O)[O-])c2C)OC1(C)C. The van der Waals surface area contributed by atoms with Crippen molar-refractivity contribution in [3.05, 3.63) is 39.1 Å². The fourth-order valence-electron chi connectivity index (χ4n) is 3.46. The standard InChI is InChI=1S/C18H23N3O5/c1-5-25-19-17-16(20-10-6-7-14(20)22)15-11(2)12(21(23)24)8-9-13(15)26-18(17,3)4/h8-9,19H,5-7,10H2,1-4H3. The van der Waals surface area contributed by atoms with Gasteiger partial charge in [0.15, 0.2) is 0 Å². The highest BCUT2D eigenvalue weighted by molar-refractivity contribution is 5.92. The number of nitro groups is 1. The van der Waals surface area contributed by atoms with Gasteiger partial charge in [-0.05, 0) is 40.2 Å². The molecule has 1 fully saturated rings. The summed E-state index contributed by atoms with van der Waals surface area (Å²) in [6, 6.07) is 3.04. The summed E-state index contributed by atoms with van der Waals surface area (Å²) in [5, 5.41) is 11.4. The summed E-state index contributed by atoms with van der Waals surface area (Å²) >= 11 is 0. The molecule has 2 heterocycles. The average Bonchev–Trinajstić information content (AvgIpc) is 2.97. The fraction of sp³-hybridized carbons (Fsp3) is 0.500. The molecule has 1 saturated heterocycles. The minimum atomic E-state index is -0.789. The van der Waals surface area contributed by atoms with Crippen LogP contribution in [0.4, 0.5) is 5.69 Å². The topological polar surface area (TPSA) is 93.9 Å². The number of nitrogens with one attached hydrogen (secondary N) is 1. The Balaban J connectivity index is 2.29. The van der Waals surface area contributed by atoms with Gasteiger partial charge in [-0.1, -0.05) is 0 Å². The Kier molecular flexibility index (Phi) is 4.62. The van der Waals surface area contributed by atoms with Crippen LogP contribution in [0.1, 0.15) is 44.7 Å². The maximum absolute atomic E-state index is 12.5. The summed E-state index contributed by atoms with van der Waals surface area (Å²) in [6.45, 7) is 8.24. The first kappa shape index (κ1) is 18.2. The highest BCUT2D eigenvalue weighted by atomic mass is 16.6. The van der Waals surface area contributed by atoms with Crippen LogP contribution >= 0.6 is 0 Å². The van der Waals surface area contributed by atoms with Gasteiger partial charge in [0.1, 0.15) is 17.0 Å². The number of hydrogen-bond donors (Lipinski definition) is 1. The van der Waals surface area contributed by atoms with Crippen molar-refractivity contribution in [2.75, 3.05) is 13.2 Å². The van der Waals surface area contributed by atoms with Crippen LogP contribution in [-0.4, -0.2) is 34.5 Å². The highest BCUT2D eigenvalue weighted by Crippen LogP contribution is 2.46. The second-order valence-corrected chi connectivity index (χ2v) is 6.86. The van der Waals surface area contributed by atoms with Gasteiger partial charge >= 0.3 is 0 Å². The van der Waals surface area contributed by atoms with Crippen LogP contribution in [0.15, 0.2) is 17.8 Å². The van der Waals surface area contributed by atoms with Crippen LogP contribution in [-0.2, 0) is 9.63 Å². The molecule has 2 aliphatic rings. The molecule has 26 heavy (non-hydrogen) atoms. The largest absolute Gasteiger partial charge is 0.481 e. The second-order valence-electron chi connectivity index (χ2n) is 6.86. The van der Waals surface area contributed by atoms with Gasteiger partial charge in [-0.2, -0.15) is 0 Å². The average molecular weight is 361 g/mol. The molecule has 0 radical (unpaired) electrons. The number of ether oxygens (including phenoxy) is 1. The van der Waals surface area contributed by atoms with E-state index in [1.165, 1.54) is 6.07 Å². The van der Waals surface area contributed by atoms with Crippen molar-refractivity contribution in [1.29, 1.82) is 0 Å². The normalized spacial score (nSPS) is 18.6. The van der Waals surface area contributed by atoms with E-state index in [1.807, 2.05) is 20.8 Å². The van der Waals surface area contributed by atoms with Crippen LogP contribution in [0.2, 0.25) is 0 Å². The Bertz CT molecular complexity index is 800. The summed E-state index contributed by atoms with van der Waals surface area (Å²) < 4.78 is 6.11. The first-order valence-corrected chi connectivity index (χ1v) is 8.68. The van der Waals surface area contributed by atoms with Gasteiger partial charge in [0, 0.05) is 24.6 Å². The zero-order valence-electron chi connectivity index (χ0n) is 15.4. The molecule has 0 aliphatic carbocycles. The van der Waals surface area contributed by atoms with Gasteiger partial charge in [0.05, 0.1) is 22.8 Å². The molecule has 1 amide bonds. The van der Waals surface area contributed by atoms with Crippen molar-refractivity contribution >= 4 is 17.3 Å². The number of nitro benzene ring substituents is 1. The van der Waals surface area contributed by atoms with E-state index in [1.54, 1.807) is 17.9 Å². The number of amides is 1. The van der Waals surface area contributed by atoms with Gasteiger partial charge in [0.25, 0.3) is 5.69 Å². The van der Waals surface area contributed by atoms with E-state index in [0.717, 1.165) is 6.42 Å². The molecule has 0 atom stereocenters.